The summed E-state index contributed by atoms with van der Waals surface area (Å²) in [5, 5.41) is 2.94. The van der Waals surface area contributed by atoms with Gasteiger partial charge in [0.1, 0.15) is 5.82 Å². The second-order valence-corrected chi connectivity index (χ2v) is 6.65. The highest BCUT2D eigenvalue weighted by Crippen LogP contribution is 2.47. The summed E-state index contributed by atoms with van der Waals surface area (Å²) in [6.07, 6.45) is -1.94. The van der Waals surface area contributed by atoms with Gasteiger partial charge in [-0.2, -0.15) is 13.2 Å². The first-order valence-corrected chi connectivity index (χ1v) is 8.27. The van der Waals surface area contributed by atoms with Gasteiger partial charge in [0.05, 0.1) is 10.6 Å². The summed E-state index contributed by atoms with van der Waals surface area (Å²) in [4.78, 5) is 1.98. The molecular formula is C16H19ClF4N2. The van der Waals surface area contributed by atoms with Gasteiger partial charge in [-0.1, -0.05) is 18.0 Å². The highest BCUT2D eigenvalue weighted by molar-refractivity contribution is 6.30. The molecule has 2 fully saturated rings. The SMILES string of the molecule is Fc1c(Cl)ccc(C(F)(F)F)c1[C@@H](C1CCC1)N1CCNCC1. The van der Waals surface area contributed by atoms with Crippen LogP contribution in [0, 0.1) is 11.7 Å². The molecule has 2 aliphatic rings. The third-order valence-electron chi connectivity index (χ3n) is 4.88. The molecule has 1 aliphatic carbocycles. The highest BCUT2D eigenvalue weighted by Gasteiger charge is 2.43. The number of hydrogen-bond acceptors (Lipinski definition) is 2. The predicted molar refractivity (Wildman–Crippen MR) is 80.9 cm³/mol. The Balaban J connectivity index is 2.09. The van der Waals surface area contributed by atoms with Gasteiger partial charge in [-0.25, -0.2) is 4.39 Å². The molecule has 1 saturated heterocycles. The maximum Gasteiger partial charge on any atom is 0.416 e. The fourth-order valence-corrected chi connectivity index (χ4v) is 3.70. The van der Waals surface area contributed by atoms with Crippen molar-refractivity contribution in [2.45, 2.75) is 31.5 Å². The van der Waals surface area contributed by atoms with Crippen LogP contribution >= 0.6 is 11.6 Å². The molecule has 0 unspecified atom stereocenters. The molecule has 23 heavy (non-hydrogen) atoms. The second kappa shape index (κ2) is 6.57. The number of rotatable bonds is 3. The molecule has 0 aromatic heterocycles. The zero-order valence-corrected chi connectivity index (χ0v) is 13.4. The molecule has 1 aromatic rings. The number of nitrogens with zero attached hydrogens (tertiary/aromatic N) is 1. The predicted octanol–water partition coefficient (Wildman–Crippen LogP) is 4.24. The van der Waals surface area contributed by atoms with E-state index in [2.05, 4.69) is 5.32 Å². The van der Waals surface area contributed by atoms with Gasteiger partial charge in [0, 0.05) is 37.8 Å². The van der Waals surface area contributed by atoms with E-state index in [-0.39, 0.29) is 16.5 Å². The van der Waals surface area contributed by atoms with Crippen LogP contribution in [0.15, 0.2) is 12.1 Å². The van der Waals surface area contributed by atoms with Crippen LogP contribution in [0.2, 0.25) is 5.02 Å². The molecular weight excluding hydrogens is 332 g/mol. The van der Waals surface area contributed by atoms with E-state index in [9.17, 15) is 17.6 Å². The summed E-state index contributed by atoms with van der Waals surface area (Å²) in [5.74, 6) is -0.862. The highest BCUT2D eigenvalue weighted by atomic mass is 35.5. The van der Waals surface area contributed by atoms with Gasteiger partial charge in [0.15, 0.2) is 0 Å². The van der Waals surface area contributed by atoms with Gasteiger partial charge in [-0.05, 0) is 30.9 Å². The maximum atomic E-state index is 14.6. The van der Waals surface area contributed by atoms with Gasteiger partial charge < -0.3 is 5.32 Å². The van der Waals surface area contributed by atoms with E-state index in [4.69, 9.17) is 11.6 Å². The Labute approximate surface area is 137 Å². The monoisotopic (exact) mass is 350 g/mol. The van der Waals surface area contributed by atoms with Crippen LogP contribution in [-0.4, -0.2) is 31.1 Å². The Bertz CT molecular complexity index is 566. The maximum absolute atomic E-state index is 14.6. The third-order valence-corrected chi connectivity index (χ3v) is 5.17. The van der Waals surface area contributed by atoms with Gasteiger partial charge in [0.2, 0.25) is 0 Å². The van der Waals surface area contributed by atoms with E-state index in [1.807, 2.05) is 4.90 Å². The first-order valence-electron chi connectivity index (χ1n) is 7.89. The molecule has 7 heteroatoms. The van der Waals surface area contributed by atoms with Crippen LogP contribution in [0.1, 0.15) is 36.4 Å². The second-order valence-electron chi connectivity index (χ2n) is 6.24. The lowest BCUT2D eigenvalue weighted by Crippen LogP contribution is -2.48. The van der Waals surface area contributed by atoms with Crippen LogP contribution in [0.25, 0.3) is 0 Å². The van der Waals surface area contributed by atoms with E-state index >= 15 is 0 Å². The van der Waals surface area contributed by atoms with E-state index in [0.29, 0.717) is 26.2 Å². The smallest absolute Gasteiger partial charge is 0.314 e. The largest absolute Gasteiger partial charge is 0.416 e. The van der Waals surface area contributed by atoms with Crippen LogP contribution < -0.4 is 5.32 Å². The lowest BCUT2D eigenvalue weighted by molar-refractivity contribution is -0.139. The van der Waals surface area contributed by atoms with Crippen molar-refractivity contribution in [3.63, 3.8) is 0 Å². The number of halogens is 5. The number of hydrogen-bond donors (Lipinski definition) is 1. The summed E-state index contributed by atoms with van der Waals surface area (Å²) < 4.78 is 54.9. The molecule has 0 radical (unpaired) electrons. The topological polar surface area (TPSA) is 15.3 Å². The van der Waals surface area contributed by atoms with E-state index in [0.717, 1.165) is 31.4 Å². The Morgan fingerprint density at radius 2 is 1.83 bits per heavy atom. The minimum absolute atomic E-state index is 0.0576. The molecule has 2 nitrogen and oxygen atoms in total. The molecule has 1 aliphatic heterocycles. The van der Waals surface area contributed by atoms with Gasteiger partial charge in [-0.3, -0.25) is 4.90 Å². The quantitative estimate of drug-likeness (QED) is 0.820. The number of nitrogens with one attached hydrogen (secondary N) is 1. The van der Waals surface area contributed by atoms with Crippen molar-refractivity contribution in [1.29, 1.82) is 0 Å². The molecule has 1 aromatic carbocycles. The van der Waals surface area contributed by atoms with Crippen molar-refractivity contribution in [2.24, 2.45) is 5.92 Å². The summed E-state index contributed by atoms with van der Waals surface area (Å²) in [6, 6.07) is 1.36. The molecule has 0 spiro atoms. The van der Waals surface area contributed by atoms with Crippen molar-refractivity contribution in [1.82, 2.24) is 10.2 Å². The van der Waals surface area contributed by atoms with E-state index in [1.54, 1.807) is 0 Å². The molecule has 0 bridgehead atoms. The molecule has 3 rings (SSSR count). The summed E-state index contributed by atoms with van der Waals surface area (Å²) >= 11 is 5.81. The van der Waals surface area contributed by atoms with Crippen molar-refractivity contribution in [3.8, 4) is 0 Å². The summed E-state index contributed by atoms with van der Waals surface area (Å²) in [6.45, 7) is 2.63. The number of piperazine rings is 1. The van der Waals surface area contributed by atoms with E-state index < -0.39 is 23.6 Å². The van der Waals surface area contributed by atoms with Crippen molar-refractivity contribution < 1.29 is 17.6 Å². The lowest BCUT2D eigenvalue weighted by Gasteiger charge is -2.44. The normalized spacial score (nSPS) is 22.0. The number of alkyl halides is 3. The Hall–Kier alpha value is -0.850. The summed E-state index contributed by atoms with van der Waals surface area (Å²) in [7, 11) is 0. The van der Waals surface area contributed by atoms with Crippen molar-refractivity contribution >= 4 is 11.6 Å². The third kappa shape index (κ3) is 3.35. The average molecular weight is 351 g/mol. The van der Waals surface area contributed by atoms with Gasteiger partial charge >= 0.3 is 6.18 Å². The molecule has 1 atom stereocenters. The van der Waals surface area contributed by atoms with Crippen molar-refractivity contribution in [2.75, 3.05) is 26.2 Å². The van der Waals surface area contributed by atoms with Crippen LogP contribution in [-0.2, 0) is 6.18 Å². The van der Waals surface area contributed by atoms with E-state index in [1.165, 1.54) is 0 Å². The molecule has 1 saturated carbocycles. The Kier molecular flexibility index (Phi) is 4.85. The lowest BCUT2D eigenvalue weighted by atomic mass is 9.75. The zero-order chi connectivity index (χ0) is 16.6. The zero-order valence-electron chi connectivity index (χ0n) is 12.6. The fraction of sp³-hybridized carbons (Fsp3) is 0.625. The molecule has 0 amide bonds. The minimum atomic E-state index is -4.59. The standard InChI is InChI=1S/C16H19ClF4N2/c17-12-5-4-11(16(19,20)21)13(14(12)18)15(10-2-1-3-10)23-8-6-22-7-9-23/h4-5,10,15,22H,1-3,6-9H2/t15-/m1/s1. The van der Waals surface area contributed by atoms with Crippen LogP contribution in [0.3, 0.4) is 0 Å². The minimum Gasteiger partial charge on any atom is -0.314 e. The van der Waals surface area contributed by atoms with Gasteiger partial charge in [0.25, 0.3) is 0 Å². The Morgan fingerprint density at radius 1 is 1.17 bits per heavy atom. The number of benzene rings is 1. The van der Waals surface area contributed by atoms with Crippen LogP contribution in [0.4, 0.5) is 17.6 Å². The first-order chi connectivity index (χ1) is 10.9. The van der Waals surface area contributed by atoms with Crippen molar-refractivity contribution in [3.05, 3.63) is 34.1 Å². The molecule has 128 valence electrons. The molecule has 1 heterocycles. The fourth-order valence-electron chi connectivity index (χ4n) is 3.53. The summed E-state index contributed by atoms with van der Waals surface area (Å²) in [5.41, 5.74) is -1.16. The van der Waals surface area contributed by atoms with Crippen LogP contribution in [0.5, 0.6) is 0 Å². The molecule has 1 N–H and O–H groups in total. The average Bonchev–Trinajstić information content (AvgIpc) is 2.45. The Morgan fingerprint density at radius 3 is 2.35 bits per heavy atom. The van der Waals surface area contributed by atoms with Gasteiger partial charge in [-0.15, -0.1) is 0 Å². The first kappa shape index (κ1) is 17.0.